The number of alkyl halides is 3. The summed E-state index contributed by atoms with van der Waals surface area (Å²) in [6.07, 6.45) is -3.60. The maximum absolute atomic E-state index is 14.3. The molecular weight excluding hydrogens is 434 g/mol. The van der Waals surface area contributed by atoms with Crippen molar-refractivity contribution in [2.24, 2.45) is 0 Å². The third-order valence-corrected chi connectivity index (χ3v) is 4.46. The van der Waals surface area contributed by atoms with Crippen LogP contribution in [0.2, 0.25) is 0 Å². The maximum atomic E-state index is 14.3. The average Bonchev–Trinajstić information content (AvgIpc) is 3.12. The number of hydrogen-bond donors (Lipinski definition) is 2. The Morgan fingerprint density at radius 1 is 1.12 bits per heavy atom. The number of oxazole rings is 1. The van der Waals surface area contributed by atoms with Crippen LogP contribution in [0.1, 0.15) is 27.7 Å². The standard InChI is InChI=1S/C21H13F4N3O4/c22-13-9-11(5-7-16(13)32-21(23,24)25)18(15-3-1-2-8-26-15)28-19(29)12-4-6-14-17(10-12)31-20(30)27-14/h1-10,18H,(H,27,30)(H,28,29). The minimum Gasteiger partial charge on any atom is -0.408 e. The van der Waals surface area contributed by atoms with E-state index in [2.05, 4.69) is 20.0 Å². The van der Waals surface area contributed by atoms with E-state index in [4.69, 9.17) is 4.42 Å². The van der Waals surface area contributed by atoms with Gasteiger partial charge >= 0.3 is 12.1 Å². The number of nitrogens with one attached hydrogen (secondary N) is 2. The van der Waals surface area contributed by atoms with Gasteiger partial charge in [-0.05, 0) is 48.0 Å². The van der Waals surface area contributed by atoms with Gasteiger partial charge in [-0.3, -0.25) is 14.8 Å². The fraction of sp³-hybridized carbons (Fsp3) is 0.0952. The van der Waals surface area contributed by atoms with Crippen LogP contribution in [0.3, 0.4) is 0 Å². The maximum Gasteiger partial charge on any atom is 0.573 e. The highest BCUT2D eigenvalue weighted by Gasteiger charge is 2.32. The highest BCUT2D eigenvalue weighted by atomic mass is 19.4. The molecule has 0 aliphatic heterocycles. The van der Waals surface area contributed by atoms with E-state index in [0.29, 0.717) is 11.2 Å². The van der Waals surface area contributed by atoms with Crippen molar-refractivity contribution in [2.45, 2.75) is 12.4 Å². The van der Waals surface area contributed by atoms with E-state index >= 15 is 0 Å². The van der Waals surface area contributed by atoms with Crippen molar-refractivity contribution < 1.29 is 31.5 Å². The van der Waals surface area contributed by atoms with Crippen LogP contribution < -0.4 is 15.8 Å². The third kappa shape index (κ3) is 4.61. The second-order valence-electron chi connectivity index (χ2n) is 6.62. The van der Waals surface area contributed by atoms with E-state index in [1.165, 1.54) is 30.5 Å². The quantitative estimate of drug-likeness (QED) is 0.450. The molecule has 0 aliphatic carbocycles. The van der Waals surface area contributed by atoms with Gasteiger partial charge in [-0.15, -0.1) is 13.2 Å². The van der Waals surface area contributed by atoms with Gasteiger partial charge in [0.25, 0.3) is 5.91 Å². The number of halogens is 4. The Balaban J connectivity index is 1.67. The van der Waals surface area contributed by atoms with E-state index < -0.39 is 35.6 Å². The van der Waals surface area contributed by atoms with Gasteiger partial charge in [0.1, 0.15) is 0 Å². The van der Waals surface area contributed by atoms with E-state index in [9.17, 15) is 27.2 Å². The molecule has 0 aliphatic rings. The molecule has 7 nitrogen and oxygen atoms in total. The number of H-pyrrole nitrogens is 1. The molecule has 0 spiro atoms. The molecule has 0 saturated heterocycles. The van der Waals surface area contributed by atoms with Crippen molar-refractivity contribution in [3.8, 4) is 5.75 Å². The SMILES string of the molecule is O=C(NC(c1ccc(OC(F)(F)F)c(F)c1)c1ccccn1)c1ccc2[nH]c(=O)oc2c1. The van der Waals surface area contributed by atoms with Gasteiger partial charge in [-0.1, -0.05) is 12.1 Å². The molecule has 2 N–H and O–H groups in total. The van der Waals surface area contributed by atoms with Gasteiger partial charge in [0.15, 0.2) is 17.1 Å². The lowest BCUT2D eigenvalue weighted by atomic mass is 10.0. The Morgan fingerprint density at radius 2 is 1.94 bits per heavy atom. The number of aromatic nitrogens is 2. The summed E-state index contributed by atoms with van der Waals surface area (Å²) >= 11 is 0. The number of benzene rings is 2. The number of nitrogens with zero attached hydrogens (tertiary/aromatic N) is 1. The summed E-state index contributed by atoms with van der Waals surface area (Å²) < 4.78 is 60.2. The molecule has 2 aromatic carbocycles. The Labute approximate surface area is 176 Å². The van der Waals surface area contributed by atoms with Gasteiger partial charge < -0.3 is 14.5 Å². The molecule has 2 aromatic heterocycles. The molecule has 0 bridgehead atoms. The molecular formula is C21H13F4N3O4. The molecule has 0 saturated carbocycles. The van der Waals surface area contributed by atoms with Crippen LogP contribution in [0.15, 0.2) is 70.0 Å². The minimum atomic E-state index is -5.05. The summed E-state index contributed by atoms with van der Waals surface area (Å²) in [5.74, 6) is -3.55. The van der Waals surface area contributed by atoms with Crippen molar-refractivity contribution in [2.75, 3.05) is 0 Å². The van der Waals surface area contributed by atoms with Gasteiger partial charge in [0.2, 0.25) is 0 Å². The molecule has 11 heteroatoms. The largest absolute Gasteiger partial charge is 0.573 e. The Kier molecular flexibility index (Phi) is 5.39. The first-order valence-corrected chi connectivity index (χ1v) is 9.09. The van der Waals surface area contributed by atoms with Crippen LogP contribution in [0.5, 0.6) is 5.75 Å². The predicted octanol–water partition coefficient (Wildman–Crippen LogP) is 4.07. The fourth-order valence-corrected chi connectivity index (χ4v) is 3.08. The number of pyridine rings is 1. The molecule has 1 amide bonds. The van der Waals surface area contributed by atoms with E-state index in [0.717, 1.165) is 12.1 Å². The normalized spacial score (nSPS) is 12.5. The number of fused-ring (bicyclic) bond motifs is 1. The predicted molar refractivity (Wildman–Crippen MR) is 103 cm³/mol. The molecule has 0 radical (unpaired) electrons. The number of aromatic amines is 1. The van der Waals surface area contributed by atoms with Crippen LogP contribution in [-0.4, -0.2) is 22.2 Å². The van der Waals surface area contributed by atoms with Gasteiger partial charge in [-0.25, -0.2) is 9.18 Å². The number of hydrogen-bond acceptors (Lipinski definition) is 5. The molecule has 1 atom stereocenters. The summed E-state index contributed by atoms with van der Waals surface area (Å²) in [5.41, 5.74) is 1.16. The van der Waals surface area contributed by atoms with Crippen LogP contribution in [-0.2, 0) is 0 Å². The lowest BCUT2D eigenvalue weighted by molar-refractivity contribution is -0.275. The number of rotatable bonds is 5. The van der Waals surface area contributed by atoms with Crippen molar-refractivity contribution >= 4 is 17.0 Å². The Bertz CT molecular complexity index is 1330. The summed E-state index contributed by atoms with van der Waals surface area (Å²) in [4.78, 5) is 30.8. The number of carbonyl (C=O) groups excluding carboxylic acids is 1. The first-order chi connectivity index (χ1) is 15.2. The molecule has 4 aromatic rings. The van der Waals surface area contributed by atoms with Gasteiger partial charge in [0.05, 0.1) is 17.3 Å². The van der Waals surface area contributed by atoms with Crippen LogP contribution in [0, 0.1) is 5.82 Å². The minimum absolute atomic E-state index is 0.137. The number of ether oxygens (including phenoxy) is 1. The smallest absolute Gasteiger partial charge is 0.408 e. The first kappa shape index (κ1) is 21.1. The summed E-state index contributed by atoms with van der Waals surface area (Å²) in [7, 11) is 0. The van der Waals surface area contributed by atoms with Crippen LogP contribution in [0.25, 0.3) is 11.1 Å². The first-order valence-electron chi connectivity index (χ1n) is 9.09. The zero-order valence-electron chi connectivity index (χ0n) is 15.9. The van der Waals surface area contributed by atoms with E-state index in [-0.39, 0.29) is 16.7 Å². The van der Waals surface area contributed by atoms with Crippen molar-refractivity contribution in [1.82, 2.24) is 15.3 Å². The third-order valence-electron chi connectivity index (χ3n) is 4.46. The second-order valence-corrected chi connectivity index (χ2v) is 6.62. The molecule has 32 heavy (non-hydrogen) atoms. The lowest BCUT2D eigenvalue weighted by Crippen LogP contribution is -2.30. The Morgan fingerprint density at radius 3 is 2.62 bits per heavy atom. The molecule has 0 fully saturated rings. The van der Waals surface area contributed by atoms with E-state index in [1.807, 2.05) is 0 Å². The summed E-state index contributed by atoms with van der Waals surface area (Å²) in [5, 5.41) is 2.67. The fourth-order valence-electron chi connectivity index (χ4n) is 3.08. The highest BCUT2D eigenvalue weighted by Crippen LogP contribution is 2.29. The van der Waals surface area contributed by atoms with Gasteiger partial charge in [0, 0.05) is 11.8 Å². The summed E-state index contributed by atoms with van der Waals surface area (Å²) in [6.45, 7) is 0. The van der Waals surface area contributed by atoms with Gasteiger partial charge in [-0.2, -0.15) is 0 Å². The Hall–Kier alpha value is -4.15. The second kappa shape index (κ2) is 8.17. The lowest BCUT2D eigenvalue weighted by Gasteiger charge is -2.20. The van der Waals surface area contributed by atoms with E-state index in [1.54, 1.807) is 18.2 Å². The summed E-state index contributed by atoms with van der Waals surface area (Å²) in [6, 6.07) is 11.0. The van der Waals surface area contributed by atoms with Crippen molar-refractivity contribution in [3.63, 3.8) is 0 Å². The molecule has 164 valence electrons. The molecule has 1 unspecified atom stereocenters. The monoisotopic (exact) mass is 447 g/mol. The van der Waals surface area contributed by atoms with Crippen LogP contribution >= 0.6 is 0 Å². The zero-order chi connectivity index (χ0) is 22.9. The molecule has 2 heterocycles. The topological polar surface area (TPSA) is 97.2 Å². The zero-order valence-corrected chi connectivity index (χ0v) is 15.9. The number of carbonyl (C=O) groups is 1. The van der Waals surface area contributed by atoms with Crippen LogP contribution in [0.4, 0.5) is 17.6 Å². The number of amides is 1. The van der Waals surface area contributed by atoms with Crippen molar-refractivity contribution in [3.05, 3.63) is 94.0 Å². The highest BCUT2D eigenvalue weighted by molar-refractivity contribution is 5.97. The average molecular weight is 447 g/mol. The van der Waals surface area contributed by atoms with Crippen molar-refractivity contribution in [1.29, 1.82) is 0 Å². The molecule has 4 rings (SSSR count).